The lowest BCUT2D eigenvalue weighted by Crippen LogP contribution is -2.44. The highest BCUT2D eigenvalue weighted by Gasteiger charge is 2.28. The van der Waals surface area contributed by atoms with Crippen LogP contribution in [-0.4, -0.2) is 36.9 Å². The van der Waals surface area contributed by atoms with Gasteiger partial charge in [-0.15, -0.1) is 0 Å². The monoisotopic (exact) mass is 409 g/mol. The van der Waals surface area contributed by atoms with Crippen LogP contribution in [0.15, 0.2) is 59.6 Å². The average molecular weight is 409 g/mol. The Morgan fingerprint density at radius 2 is 1.69 bits per heavy atom. The van der Waals surface area contributed by atoms with E-state index < -0.39 is 18.4 Å². The van der Waals surface area contributed by atoms with Gasteiger partial charge in [0.05, 0.1) is 13.1 Å². The molecule has 0 aliphatic rings. The molecule has 0 aliphatic carbocycles. The molecule has 0 saturated carbocycles. The number of halogens is 3. The maximum absolute atomic E-state index is 12.2. The summed E-state index contributed by atoms with van der Waals surface area (Å²) in [6, 6.07) is 15.6. The van der Waals surface area contributed by atoms with Crippen LogP contribution >= 0.6 is 0 Å². The van der Waals surface area contributed by atoms with Crippen LogP contribution in [0, 0.1) is 0 Å². The van der Waals surface area contributed by atoms with Gasteiger partial charge in [0, 0.05) is 6.54 Å². The van der Waals surface area contributed by atoms with Crippen LogP contribution in [0.25, 0.3) is 0 Å². The van der Waals surface area contributed by atoms with Gasteiger partial charge in [-0.25, -0.2) is 4.99 Å². The first-order valence-electron chi connectivity index (χ1n) is 9.28. The average Bonchev–Trinajstić information content (AvgIpc) is 2.69. The number of nitrogens with zero attached hydrogens (tertiary/aromatic N) is 1. The molecule has 29 heavy (non-hydrogen) atoms. The summed E-state index contributed by atoms with van der Waals surface area (Å²) in [7, 11) is 0. The molecule has 0 bridgehead atoms. The molecule has 0 fully saturated rings. The molecule has 158 valence electrons. The van der Waals surface area contributed by atoms with E-state index in [0.717, 1.165) is 11.1 Å². The number of hydrogen-bond donors (Lipinski definition) is 3. The maximum atomic E-state index is 12.2. The standard InChI is InChI=1S/C21H26F3N3O2/c1-3-25-19(27-14-20(2,28)17-7-5-4-6-8-17)26-13-16-9-11-18(12-10-16)29-15-21(22,23)24/h4-12,28H,3,13-15H2,1-2H3,(H2,25,26,27). The molecular weight excluding hydrogens is 383 g/mol. The molecule has 2 aromatic carbocycles. The molecule has 0 aromatic heterocycles. The van der Waals surface area contributed by atoms with Gasteiger partial charge in [-0.05, 0) is 37.1 Å². The van der Waals surface area contributed by atoms with E-state index in [1.807, 2.05) is 37.3 Å². The molecule has 1 unspecified atom stereocenters. The molecule has 0 heterocycles. The van der Waals surface area contributed by atoms with Gasteiger partial charge >= 0.3 is 6.18 Å². The molecule has 5 nitrogen and oxygen atoms in total. The van der Waals surface area contributed by atoms with Crippen molar-refractivity contribution in [2.75, 3.05) is 19.7 Å². The van der Waals surface area contributed by atoms with Crippen LogP contribution in [0.1, 0.15) is 25.0 Å². The molecule has 0 saturated heterocycles. The van der Waals surface area contributed by atoms with E-state index in [1.165, 1.54) is 12.1 Å². The second-order valence-corrected chi connectivity index (χ2v) is 6.74. The van der Waals surface area contributed by atoms with Crippen LogP contribution < -0.4 is 15.4 Å². The van der Waals surface area contributed by atoms with E-state index in [4.69, 9.17) is 4.74 Å². The Morgan fingerprint density at radius 1 is 1.03 bits per heavy atom. The zero-order valence-corrected chi connectivity index (χ0v) is 16.5. The van der Waals surface area contributed by atoms with E-state index >= 15 is 0 Å². The second-order valence-electron chi connectivity index (χ2n) is 6.74. The first-order chi connectivity index (χ1) is 13.7. The molecule has 3 N–H and O–H groups in total. The number of hydrogen-bond acceptors (Lipinski definition) is 3. The van der Waals surface area contributed by atoms with Gasteiger partial charge in [-0.3, -0.25) is 0 Å². The number of guanidine groups is 1. The first kappa shape index (κ1) is 22.5. The highest BCUT2D eigenvalue weighted by Crippen LogP contribution is 2.20. The van der Waals surface area contributed by atoms with Gasteiger partial charge in [0.1, 0.15) is 11.4 Å². The van der Waals surface area contributed by atoms with Crippen molar-refractivity contribution >= 4 is 5.96 Å². The molecular formula is C21H26F3N3O2. The molecule has 0 spiro atoms. The van der Waals surface area contributed by atoms with Crippen molar-refractivity contribution in [2.45, 2.75) is 32.2 Å². The zero-order chi connectivity index (χ0) is 21.3. The van der Waals surface area contributed by atoms with E-state index in [1.54, 1.807) is 19.1 Å². The summed E-state index contributed by atoms with van der Waals surface area (Å²) in [6.45, 7) is 3.55. The third kappa shape index (κ3) is 8.03. The van der Waals surface area contributed by atoms with Crippen molar-refractivity contribution < 1.29 is 23.0 Å². The Hall–Kier alpha value is -2.74. The topological polar surface area (TPSA) is 65.9 Å². The fraction of sp³-hybridized carbons (Fsp3) is 0.381. The third-order valence-electron chi connectivity index (χ3n) is 4.09. The predicted molar refractivity (Wildman–Crippen MR) is 107 cm³/mol. The maximum Gasteiger partial charge on any atom is 0.422 e. The summed E-state index contributed by atoms with van der Waals surface area (Å²) in [5, 5.41) is 16.9. The summed E-state index contributed by atoms with van der Waals surface area (Å²) < 4.78 is 41.3. The molecule has 0 amide bonds. The Morgan fingerprint density at radius 3 is 2.28 bits per heavy atom. The van der Waals surface area contributed by atoms with Gasteiger partial charge in [-0.2, -0.15) is 13.2 Å². The van der Waals surface area contributed by atoms with Crippen molar-refractivity contribution in [1.29, 1.82) is 0 Å². The summed E-state index contributed by atoms with van der Waals surface area (Å²) in [5.41, 5.74) is 0.531. The van der Waals surface area contributed by atoms with Crippen molar-refractivity contribution in [2.24, 2.45) is 4.99 Å². The van der Waals surface area contributed by atoms with Gasteiger partial charge < -0.3 is 20.5 Å². The number of benzene rings is 2. The number of nitrogens with one attached hydrogen (secondary N) is 2. The molecule has 1 atom stereocenters. The Bertz CT molecular complexity index is 776. The van der Waals surface area contributed by atoms with Crippen LogP contribution in [0.3, 0.4) is 0 Å². The smallest absolute Gasteiger partial charge is 0.422 e. The number of alkyl halides is 3. The van der Waals surface area contributed by atoms with Crippen molar-refractivity contribution in [3.8, 4) is 5.75 Å². The van der Waals surface area contributed by atoms with Crippen molar-refractivity contribution in [3.63, 3.8) is 0 Å². The van der Waals surface area contributed by atoms with E-state index in [9.17, 15) is 18.3 Å². The minimum absolute atomic E-state index is 0.152. The van der Waals surface area contributed by atoms with Crippen LogP contribution in [0.4, 0.5) is 13.2 Å². The highest BCUT2D eigenvalue weighted by atomic mass is 19.4. The normalized spacial score (nSPS) is 14.2. The van der Waals surface area contributed by atoms with Gasteiger partial charge in [0.25, 0.3) is 0 Å². The fourth-order valence-corrected chi connectivity index (χ4v) is 2.52. The van der Waals surface area contributed by atoms with Crippen LogP contribution in [0.2, 0.25) is 0 Å². The third-order valence-corrected chi connectivity index (χ3v) is 4.09. The Labute approximate surface area is 168 Å². The van der Waals surface area contributed by atoms with Crippen molar-refractivity contribution in [3.05, 3.63) is 65.7 Å². The molecule has 2 aromatic rings. The van der Waals surface area contributed by atoms with E-state index in [2.05, 4.69) is 15.6 Å². The summed E-state index contributed by atoms with van der Waals surface area (Å²) >= 11 is 0. The predicted octanol–water partition coefficient (Wildman–Crippen LogP) is 3.59. The molecule has 0 aliphatic heterocycles. The minimum atomic E-state index is -4.36. The molecule has 8 heteroatoms. The molecule has 0 radical (unpaired) electrons. The SMILES string of the molecule is CCNC(=NCc1ccc(OCC(F)(F)F)cc1)NCC(C)(O)c1ccccc1. The van der Waals surface area contributed by atoms with Gasteiger partial charge in [0.15, 0.2) is 12.6 Å². The Kier molecular flexibility index (Phi) is 7.90. The van der Waals surface area contributed by atoms with Crippen molar-refractivity contribution in [1.82, 2.24) is 10.6 Å². The largest absolute Gasteiger partial charge is 0.484 e. The van der Waals surface area contributed by atoms with Crippen LogP contribution in [0.5, 0.6) is 5.75 Å². The number of aliphatic imine (C=N–C) groups is 1. The Balaban J connectivity index is 1.94. The summed E-state index contributed by atoms with van der Waals surface area (Å²) in [5.74, 6) is 0.681. The lowest BCUT2D eigenvalue weighted by molar-refractivity contribution is -0.153. The van der Waals surface area contributed by atoms with Gasteiger partial charge in [-0.1, -0.05) is 42.5 Å². The molecule has 2 rings (SSSR count). The fourth-order valence-electron chi connectivity index (χ4n) is 2.52. The summed E-state index contributed by atoms with van der Waals surface area (Å²) in [6.07, 6.45) is -4.36. The van der Waals surface area contributed by atoms with Crippen LogP contribution in [-0.2, 0) is 12.1 Å². The minimum Gasteiger partial charge on any atom is -0.484 e. The highest BCUT2D eigenvalue weighted by molar-refractivity contribution is 5.79. The van der Waals surface area contributed by atoms with E-state index in [-0.39, 0.29) is 12.3 Å². The zero-order valence-electron chi connectivity index (χ0n) is 16.5. The number of aliphatic hydroxyl groups is 1. The lowest BCUT2D eigenvalue weighted by Gasteiger charge is -2.25. The summed E-state index contributed by atoms with van der Waals surface area (Å²) in [4.78, 5) is 4.46. The first-order valence-corrected chi connectivity index (χ1v) is 9.28. The number of rotatable bonds is 8. The second kappa shape index (κ2) is 10.2. The quantitative estimate of drug-likeness (QED) is 0.461. The van der Waals surface area contributed by atoms with E-state index in [0.29, 0.717) is 19.0 Å². The number of ether oxygens (including phenoxy) is 1. The van der Waals surface area contributed by atoms with Gasteiger partial charge in [0.2, 0.25) is 0 Å². The lowest BCUT2D eigenvalue weighted by atomic mass is 9.96.